The minimum absolute atomic E-state index is 0.0847. The first-order chi connectivity index (χ1) is 14.0. The van der Waals surface area contributed by atoms with Gasteiger partial charge in [-0.25, -0.2) is 4.79 Å². The Morgan fingerprint density at radius 3 is 2.34 bits per heavy atom. The van der Waals surface area contributed by atoms with E-state index in [9.17, 15) is 14.7 Å². The molecule has 1 aromatic heterocycles. The van der Waals surface area contributed by atoms with Crippen molar-refractivity contribution in [2.45, 2.75) is 26.9 Å². The van der Waals surface area contributed by atoms with E-state index in [1.165, 1.54) is 6.92 Å². The third-order valence-electron chi connectivity index (χ3n) is 4.49. The largest absolute Gasteiger partial charge is 0.502 e. The van der Waals surface area contributed by atoms with Crippen LogP contribution >= 0.6 is 0 Å². The lowest BCUT2D eigenvalue weighted by atomic mass is 10.0. The molecule has 0 radical (unpaired) electrons. The summed E-state index contributed by atoms with van der Waals surface area (Å²) in [6.45, 7) is 3.94. The first kappa shape index (κ1) is 20.4. The Morgan fingerprint density at radius 1 is 1.03 bits per heavy atom. The molecular formula is C23H23NO5. The summed E-state index contributed by atoms with van der Waals surface area (Å²) in [4.78, 5) is 24.2. The zero-order valence-corrected chi connectivity index (χ0v) is 16.4. The molecule has 1 heterocycles. The molecule has 0 unspecified atom stereocenters. The molecule has 0 amide bonds. The van der Waals surface area contributed by atoms with Gasteiger partial charge < -0.3 is 19.6 Å². The van der Waals surface area contributed by atoms with Gasteiger partial charge in [-0.2, -0.15) is 0 Å². The summed E-state index contributed by atoms with van der Waals surface area (Å²) < 4.78 is 10.3. The van der Waals surface area contributed by atoms with Gasteiger partial charge in [-0.15, -0.1) is 0 Å². The molecule has 0 aliphatic heterocycles. The van der Waals surface area contributed by atoms with Crippen molar-refractivity contribution in [2.24, 2.45) is 0 Å². The van der Waals surface area contributed by atoms with Crippen LogP contribution in [-0.2, 0) is 17.8 Å². The smallest absolute Gasteiger partial charge is 0.345 e. The highest BCUT2D eigenvalue weighted by molar-refractivity contribution is 5.90. The minimum atomic E-state index is -0.799. The summed E-state index contributed by atoms with van der Waals surface area (Å²) in [7, 11) is 0. The van der Waals surface area contributed by atoms with Gasteiger partial charge in [0.2, 0.25) is 11.2 Å². The van der Waals surface area contributed by atoms with Gasteiger partial charge in [-0.3, -0.25) is 4.79 Å². The lowest BCUT2D eigenvalue weighted by molar-refractivity contribution is 0.0519. The number of hydrogen-bond acceptors (Lipinski definition) is 6. The summed E-state index contributed by atoms with van der Waals surface area (Å²) in [5, 5.41) is 13.3. The van der Waals surface area contributed by atoms with Gasteiger partial charge in [0.1, 0.15) is 11.3 Å². The number of ether oxygens (including phenoxy) is 1. The van der Waals surface area contributed by atoms with Crippen molar-refractivity contribution in [3.05, 3.63) is 87.5 Å². The molecule has 0 bridgehead atoms. The highest BCUT2D eigenvalue weighted by Crippen LogP contribution is 2.20. The zero-order valence-electron chi connectivity index (χ0n) is 16.4. The van der Waals surface area contributed by atoms with E-state index in [2.05, 4.69) is 17.4 Å². The van der Waals surface area contributed by atoms with Crippen LogP contribution in [0.1, 0.15) is 34.4 Å². The molecule has 29 heavy (non-hydrogen) atoms. The molecule has 0 atom stereocenters. The maximum atomic E-state index is 12.3. The first-order valence-corrected chi connectivity index (χ1v) is 9.39. The van der Waals surface area contributed by atoms with Gasteiger partial charge in [0, 0.05) is 6.54 Å². The number of carbonyl (C=O) groups excluding carboxylic acids is 1. The Balaban J connectivity index is 1.66. The number of aryl methyl sites for hydroxylation is 1. The van der Waals surface area contributed by atoms with E-state index in [-0.39, 0.29) is 30.2 Å². The fourth-order valence-electron chi connectivity index (χ4n) is 3.01. The molecule has 2 aromatic carbocycles. The van der Waals surface area contributed by atoms with Crippen molar-refractivity contribution >= 4 is 5.97 Å². The van der Waals surface area contributed by atoms with Gasteiger partial charge >= 0.3 is 5.97 Å². The summed E-state index contributed by atoms with van der Waals surface area (Å²) >= 11 is 0. The van der Waals surface area contributed by atoms with Crippen LogP contribution in [-0.4, -0.2) is 17.7 Å². The fourth-order valence-corrected chi connectivity index (χ4v) is 3.01. The number of rotatable bonds is 7. The molecule has 6 nitrogen and oxygen atoms in total. The van der Waals surface area contributed by atoms with Crippen molar-refractivity contribution < 1.29 is 19.1 Å². The number of hydrogen-bond donors (Lipinski definition) is 2. The van der Waals surface area contributed by atoms with E-state index in [4.69, 9.17) is 9.15 Å². The standard InChI is InChI=1S/C23H23NO5/c1-3-28-23(27)20-15(2)29-19(21(25)22(20)26)14-24-13-16-9-11-18(12-10-16)17-7-5-4-6-8-17/h4-12,24-25H,3,13-14H2,1-2H3. The van der Waals surface area contributed by atoms with Crippen LogP contribution in [0.15, 0.2) is 63.8 Å². The van der Waals surface area contributed by atoms with Crippen molar-refractivity contribution in [3.63, 3.8) is 0 Å². The highest BCUT2D eigenvalue weighted by Gasteiger charge is 2.22. The molecule has 0 saturated carbocycles. The van der Waals surface area contributed by atoms with Crippen LogP contribution in [0.2, 0.25) is 0 Å². The van der Waals surface area contributed by atoms with Crippen LogP contribution < -0.4 is 10.7 Å². The van der Waals surface area contributed by atoms with E-state index in [1.54, 1.807) is 6.92 Å². The third-order valence-corrected chi connectivity index (χ3v) is 4.49. The second-order valence-corrected chi connectivity index (χ2v) is 6.52. The van der Waals surface area contributed by atoms with Crippen molar-refractivity contribution in [1.29, 1.82) is 0 Å². The zero-order chi connectivity index (χ0) is 20.8. The molecule has 150 valence electrons. The van der Waals surface area contributed by atoms with Crippen LogP contribution in [0.5, 0.6) is 5.75 Å². The minimum Gasteiger partial charge on any atom is -0.502 e. The van der Waals surface area contributed by atoms with Gasteiger partial charge in [-0.05, 0) is 30.5 Å². The topological polar surface area (TPSA) is 88.8 Å². The normalized spacial score (nSPS) is 10.7. The number of aromatic hydroxyl groups is 1. The molecule has 0 spiro atoms. The SMILES string of the molecule is CCOC(=O)c1c(C)oc(CNCc2ccc(-c3ccccc3)cc2)c(O)c1=O. The molecule has 3 rings (SSSR count). The van der Waals surface area contributed by atoms with Crippen molar-refractivity contribution in [3.8, 4) is 16.9 Å². The lowest BCUT2D eigenvalue weighted by Gasteiger charge is -2.10. The molecule has 0 fully saturated rings. The average molecular weight is 393 g/mol. The quantitative estimate of drug-likeness (QED) is 0.594. The predicted octanol–water partition coefficient (Wildman–Crippen LogP) is 3.79. The number of benzene rings is 2. The molecular weight excluding hydrogens is 370 g/mol. The molecule has 2 N–H and O–H groups in total. The Hall–Kier alpha value is -3.38. The molecule has 0 aliphatic carbocycles. The lowest BCUT2D eigenvalue weighted by Crippen LogP contribution is -2.22. The van der Waals surface area contributed by atoms with Crippen LogP contribution in [0.3, 0.4) is 0 Å². The molecule has 3 aromatic rings. The van der Waals surface area contributed by atoms with E-state index in [0.29, 0.717) is 6.54 Å². The predicted molar refractivity (Wildman–Crippen MR) is 110 cm³/mol. The Bertz CT molecular complexity index is 1040. The Labute approximate surface area is 168 Å². The number of esters is 1. The van der Waals surface area contributed by atoms with E-state index < -0.39 is 17.1 Å². The summed E-state index contributed by atoms with van der Waals surface area (Å²) in [5.41, 5.74) is 2.27. The molecule has 0 aliphatic rings. The van der Waals surface area contributed by atoms with Gasteiger partial charge in [0.05, 0.1) is 13.2 Å². The van der Waals surface area contributed by atoms with E-state index in [0.717, 1.165) is 16.7 Å². The monoisotopic (exact) mass is 393 g/mol. The van der Waals surface area contributed by atoms with Crippen LogP contribution in [0.25, 0.3) is 11.1 Å². The molecule has 6 heteroatoms. The summed E-state index contributed by atoms with van der Waals surface area (Å²) in [6, 6.07) is 18.2. The summed E-state index contributed by atoms with van der Waals surface area (Å²) in [6.07, 6.45) is 0. The maximum absolute atomic E-state index is 12.3. The number of nitrogens with one attached hydrogen (secondary N) is 1. The Morgan fingerprint density at radius 2 is 1.69 bits per heavy atom. The van der Waals surface area contributed by atoms with Gasteiger partial charge in [0.15, 0.2) is 5.76 Å². The first-order valence-electron chi connectivity index (χ1n) is 9.39. The van der Waals surface area contributed by atoms with Gasteiger partial charge in [-0.1, -0.05) is 54.6 Å². The average Bonchev–Trinajstić information content (AvgIpc) is 2.73. The molecule has 0 saturated heterocycles. The van der Waals surface area contributed by atoms with Crippen LogP contribution in [0.4, 0.5) is 0 Å². The summed E-state index contributed by atoms with van der Waals surface area (Å²) in [5.74, 6) is -1.17. The van der Waals surface area contributed by atoms with E-state index in [1.807, 2.05) is 42.5 Å². The van der Waals surface area contributed by atoms with E-state index >= 15 is 0 Å². The third kappa shape index (κ3) is 4.73. The van der Waals surface area contributed by atoms with Crippen molar-refractivity contribution in [1.82, 2.24) is 5.32 Å². The van der Waals surface area contributed by atoms with Crippen LogP contribution in [0, 0.1) is 6.92 Å². The van der Waals surface area contributed by atoms with Crippen molar-refractivity contribution in [2.75, 3.05) is 6.61 Å². The number of carbonyl (C=O) groups is 1. The second-order valence-electron chi connectivity index (χ2n) is 6.52. The maximum Gasteiger partial charge on any atom is 0.345 e. The highest BCUT2D eigenvalue weighted by atomic mass is 16.5. The van der Waals surface area contributed by atoms with Gasteiger partial charge in [0.25, 0.3) is 0 Å². The second kappa shape index (κ2) is 9.21. The fraction of sp³-hybridized carbons (Fsp3) is 0.217. The Kier molecular flexibility index (Phi) is 6.46.